The van der Waals surface area contributed by atoms with E-state index in [9.17, 15) is 24.3 Å². The first-order valence-electron chi connectivity index (χ1n) is 7.10. The maximum atomic E-state index is 11.3. The summed E-state index contributed by atoms with van der Waals surface area (Å²) in [5, 5.41) is 10.3. The van der Waals surface area contributed by atoms with Gasteiger partial charge in [-0.2, -0.15) is 0 Å². The van der Waals surface area contributed by atoms with Crippen LogP contribution in [0.25, 0.3) is 0 Å². The molecule has 1 aliphatic rings. The van der Waals surface area contributed by atoms with Crippen molar-refractivity contribution in [3.63, 3.8) is 0 Å². The average Bonchev–Trinajstić information content (AvgIpc) is 2.42. The van der Waals surface area contributed by atoms with Gasteiger partial charge in [0.25, 0.3) is 0 Å². The molecule has 0 saturated carbocycles. The molecule has 1 heterocycles. The molecular formula is C14H20O10. The molecule has 0 spiro atoms. The van der Waals surface area contributed by atoms with E-state index in [4.69, 9.17) is 23.7 Å². The fourth-order valence-corrected chi connectivity index (χ4v) is 2.13. The van der Waals surface area contributed by atoms with Crippen molar-refractivity contribution in [1.29, 1.82) is 0 Å². The Morgan fingerprint density at radius 3 is 1.79 bits per heavy atom. The monoisotopic (exact) mass is 348 g/mol. The normalized spacial score (nSPS) is 29.3. The van der Waals surface area contributed by atoms with E-state index in [1.165, 1.54) is 0 Å². The predicted molar refractivity (Wildman–Crippen MR) is 74.2 cm³/mol. The van der Waals surface area contributed by atoms with E-state index in [-0.39, 0.29) is 6.61 Å². The molecule has 0 aliphatic carbocycles. The average molecular weight is 348 g/mol. The topological polar surface area (TPSA) is 135 Å². The number of rotatable bonds is 5. The number of hydrogen-bond acceptors (Lipinski definition) is 10. The van der Waals surface area contributed by atoms with Gasteiger partial charge in [0.1, 0.15) is 18.8 Å². The molecule has 10 heteroatoms. The summed E-state index contributed by atoms with van der Waals surface area (Å²) >= 11 is 0. The quantitative estimate of drug-likeness (QED) is 0.490. The smallest absolute Gasteiger partial charge is 0.305 e. The van der Waals surface area contributed by atoms with Gasteiger partial charge in [-0.05, 0) is 0 Å². The lowest BCUT2D eigenvalue weighted by atomic mass is 9.98. The first-order chi connectivity index (χ1) is 11.1. The highest BCUT2D eigenvalue weighted by Gasteiger charge is 2.51. The summed E-state index contributed by atoms with van der Waals surface area (Å²) in [7, 11) is 0. The summed E-state index contributed by atoms with van der Waals surface area (Å²) in [6, 6.07) is 0. The van der Waals surface area contributed by atoms with Gasteiger partial charge in [-0.3, -0.25) is 19.2 Å². The van der Waals surface area contributed by atoms with Crippen LogP contribution < -0.4 is 0 Å². The lowest BCUT2D eigenvalue weighted by molar-refractivity contribution is -0.298. The zero-order valence-corrected chi connectivity index (χ0v) is 13.7. The van der Waals surface area contributed by atoms with Crippen LogP contribution in [0.4, 0.5) is 0 Å². The van der Waals surface area contributed by atoms with Crippen LogP contribution in [-0.2, 0) is 42.9 Å². The van der Waals surface area contributed by atoms with Gasteiger partial charge in [0.15, 0.2) is 6.10 Å². The molecule has 1 N–H and O–H groups in total. The number of carbonyl (C=O) groups excluding carboxylic acids is 4. The number of ether oxygens (including phenoxy) is 5. The molecule has 5 atom stereocenters. The Morgan fingerprint density at radius 1 is 0.833 bits per heavy atom. The van der Waals surface area contributed by atoms with E-state index in [1.54, 1.807) is 0 Å². The van der Waals surface area contributed by atoms with E-state index in [2.05, 4.69) is 0 Å². The first kappa shape index (κ1) is 19.8. The van der Waals surface area contributed by atoms with Crippen molar-refractivity contribution < 1.29 is 48.0 Å². The molecule has 0 radical (unpaired) electrons. The Balaban J connectivity index is 3.07. The first-order valence-corrected chi connectivity index (χ1v) is 7.10. The second-order valence-corrected chi connectivity index (χ2v) is 5.09. The van der Waals surface area contributed by atoms with Crippen molar-refractivity contribution >= 4 is 23.9 Å². The van der Waals surface area contributed by atoms with Crippen LogP contribution in [0.1, 0.15) is 27.7 Å². The van der Waals surface area contributed by atoms with Gasteiger partial charge < -0.3 is 28.8 Å². The molecule has 0 amide bonds. The van der Waals surface area contributed by atoms with Crippen LogP contribution in [0.2, 0.25) is 0 Å². The van der Waals surface area contributed by atoms with E-state index in [1.807, 2.05) is 0 Å². The van der Waals surface area contributed by atoms with Gasteiger partial charge in [0.05, 0.1) is 0 Å². The number of aliphatic hydroxyl groups is 1. The Kier molecular flexibility index (Phi) is 7.11. The molecule has 0 aromatic rings. The predicted octanol–water partition coefficient (Wildman–Crippen LogP) is -0.938. The highest BCUT2D eigenvalue weighted by atomic mass is 16.7. The van der Waals surface area contributed by atoms with Crippen molar-refractivity contribution in [3.8, 4) is 0 Å². The fraction of sp³-hybridized carbons (Fsp3) is 0.714. The van der Waals surface area contributed by atoms with Crippen LogP contribution in [-0.4, -0.2) is 66.3 Å². The van der Waals surface area contributed by atoms with Gasteiger partial charge in [-0.15, -0.1) is 0 Å². The Bertz CT molecular complexity index is 502. The van der Waals surface area contributed by atoms with Crippen molar-refractivity contribution in [2.24, 2.45) is 0 Å². The third-order valence-electron chi connectivity index (χ3n) is 2.96. The maximum absolute atomic E-state index is 11.3. The molecule has 0 aromatic carbocycles. The summed E-state index contributed by atoms with van der Waals surface area (Å²) in [4.78, 5) is 44.7. The van der Waals surface area contributed by atoms with Crippen LogP contribution in [0.3, 0.4) is 0 Å². The van der Waals surface area contributed by atoms with Gasteiger partial charge in [0.2, 0.25) is 12.4 Å². The molecule has 136 valence electrons. The third kappa shape index (κ3) is 5.78. The van der Waals surface area contributed by atoms with Gasteiger partial charge in [-0.1, -0.05) is 0 Å². The lowest BCUT2D eigenvalue weighted by Gasteiger charge is -2.42. The Hall–Kier alpha value is -2.20. The summed E-state index contributed by atoms with van der Waals surface area (Å²) < 4.78 is 25.0. The Labute approximate surface area is 137 Å². The molecule has 24 heavy (non-hydrogen) atoms. The largest absolute Gasteiger partial charge is 0.463 e. The molecule has 0 aromatic heterocycles. The molecule has 1 rings (SSSR count). The minimum absolute atomic E-state index is 0.376. The molecule has 10 nitrogen and oxygen atoms in total. The molecule has 1 aliphatic heterocycles. The second-order valence-electron chi connectivity index (χ2n) is 5.09. The van der Waals surface area contributed by atoms with E-state index >= 15 is 0 Å². The zero-order chi connectivity index (χ0) is 18.4. The summed E-state index contributed by atoms with van der Waals surface area (Å²) in [5.41, 5.74) is 0. The highest BCUT2D eigenvalue weighted by Crippen LogP contribution is 2.27. The molecule has 1 fully saturated rings. The summed E-state index contributed by atoms with van der Waals surface area (Å²) in [6.07, 6.45) is -6.83. The molecular weight excluding hydrogens is 328 g/mol. The fourth-order valence-electron chi connectivity index (χ4n) is 2.13. The molecule has 1 saturated heterocycles. The van der Waals surface area contributed by atoms with Gasteiger partial charge >= 0.3 is 23.9 Å². The summed E-state index contributed by atoms with van der Waals surface area (Å²) in [5.74, 6) is -2.89. The number of hydrogen-bond donors (Lipinski definition) is 1. The summed E-state index contributed by atoms with van der Waals surface area (Å²) in [6.45, 7) is 4.06. The van der Waals surface area contributed by atoms with Crippen LogP contribution in [0.5, 0.6) is 0 Å². The minimum Gasteiger partial charge on any atom is -0.463 e. The van der Waals surface area contributed by atoms with Crippen molar-refractivity contribution in [1.82, 2.24) is 0 Å². The van der Waals surface area contributed by atoms with Crippen LogP contribution in [0, 0.1) is 0 Å². The van der Waals surface area contributed by atoms with E-state index < -0.39 is 54.6 Å². The van der Waals surface area contributed by atoms with Gasteiger partial charge in [-0.25, -0.2) is 0 Å². The van der Waals surface area contributed by atoms with Crippen LogP contribution >= 0.6 is 0 Å². The second kappa shape index (κ2) is 8.60. The van der Waals surface area contributed by atoms with Crippen LogP contribution in [0.15, 0.2) is 0 Å². The van der Waals surface area contributed by atoms with Crippen molar-refractivity contribution in [3.05, 3.63) is 0 Å². The van der Waals surface area contributed by atoms with Crippen molar-refractivity contribution in [2.75, 3.05) is 6.61 Å². The van der Waals surface area contributed by atoms with E-state index in [0.717, 1.165) is 27.7 Å². The number of carbonyl (C=O) groups is 4. The third-order valence-corrected chi connectivity index (χ3v) is 2.96. The number of aliphatic hydroxyl groups excluding tert-OH is 1. The van der Waals surface area contributed by atoms with Gasteiger partial charge in [0, 0.05) is 27.7 Å². The Morgan fingerprint density at radius 2 is 1.33 bits per heavy atom. The standard InChI is InChI=1S/C14H20O10/c1-6(15)20-5-10-11(19)12(21-7(2)16)13(22-8(3)17)14(24-10)23-9(4)18/h10-14,19H,5H2,1-4H3/t10-,11-,12+,13-,14+/m1/s1. The SMILES string of the molecule is CC(=O)OC[C@H]1O[C@H](OC(C)=O)[C@H](OC(C)=O)[C@@H](OC(C)=O)[C@@H]1O. The number of esters is 4. The van der Waals surface area contributed by atoms with E-state index in [0.29, 0.717) is 0 Å². The minimum atomic E-state index is -1.48. The van der Waals surface area contributed by atoms with Crippen molar-refractivity contribution in [2.45, 2.75) is 58.4 Å². The highest BCUT2D eigenvalue weighted by molar-refractivity contribution is 5.68. The lowest BCUT2D eigenvalue weighted by Crippen LogP contribution is -2.62. The zero-order valence-electron chi connectivity index (χ0n) is 13.7. The maximum Gasteiger partial charge on any atom is 0.305 e. The molecule has 0 bridgehead atoms. The molecule has 0 unspecified atom stereocenters.